The number of fused-ring (bicyclic) bond motifs is 1. The Hall–Kier alpha value is -2.97. The Morgan fingerprint density at radius 2 is 2.09 bits per heavy atom. The number of hydrogen-bond donors (Lipinski definition) is 1. The third kappa shape index (κ3) is 4.25. The van der Waals surface area contributed by atoms with Gasteiger partial charge < -0.3 is 14.5 Å². The van der Waals surface area contributed by atoms with E-state index in [-0.39, 0.29) is 13.5 Å². The molecule has 11 heteroatoms. The van der Waals surface area contributed by atoms with Crippen LogP contribution >= 0.6 is 0 Å². The molecule has 0 radical (unpaired) electrons. The van der Waals surface area contributed by atoms with E-state index in [0.29, 0.717) is 25.3 Å². The minimum Gasteiger partial charge on any atom is -0.456 e. The van der Waals surface area contributed by atoms with Crippen molar-refractivity contribution in [2.75, 3.05) is 31.6 Å². The molecule has 0 aromatic heterocycles. The molecule has 0 fully saturated rings. The van der Waals surface area contributed by atoms with Gasteiger partial charge >= 0.3 is 5.97 Å². The van der Waals surface area contributed by atoms with Crippen LogP contribution in [0.5, 0.6) is 0 Å². The molecule has 0 aliphatic carbocycles. The van der Waals surface area contributed by atoms with Crippen LogP contribution in [0.2, 0.25) is 0 Å². The molecule has 1 aliphatic heterocycles. The lowest BCUT2D eigenvalue weighted by atomic mass is 10.1. The molecule has 1 heterocycles. The Balaban J connectivity index is 2.00. The number of benzene rings is 1. The van der Waals surface area contributed by atoms with Crippen LogP contribution < -0.4 is 10.4 Å². The smallest absolute Gasteiger partial charge is 0.338 e. The highest BCUT2D eigenvalue weighted by molar-refractivity contribution is 5.93. The molecular weight excluding hydrogens is 304 g/mol. The molecule has 0 spiro atoms. The summed E-state index contributed by atoms with van der Waals surface area (Å²) in [6.07, 6.45) is 0. The Labute approximate surface area is 131 Å². The van der Waals surface area contributed by atoms with Crippen LogP contribution in [0, 0.1) is 0 Å². The average Bonchev–Trinajstić information content (AvgIpc) is 2.98. The van der Waals surface area contributed by atoms with Gasteiger partial charge in [-0.3, -0.25) is 0 Å². The van der Waals surface area contributed by atoms with E-state index >= 15 is 0 Å². The van der Waals surface area contributed by atoms with Crippen molar-refractivity contribution in [3.8, 4) is 0 Å². The first kappa shape index (κ1) is 16.4. The van der Waals surface area contributed by atoms with Crippen molar-refractivity contribution in [1.82, 2.24) is 5.43 Å². The summed E-state index contributed by atoms with van der Waals surface area (Å²) in [5.74, 6) is -0.544. The van der Waals surface area contributed by atoms with Gasteiger partial charge in [0.25, 0.3) is 0 Å². The van der Waals surface area contributed by atoms with Gasteiger partial charge in [0, 0.05) is 21.9 Å². The predicted octanol–water partition coefficient (Wildman–Crippen LogP) is 2.22. The first-order valence-corrected chi connectivity index (χ1v) is 6.67. The van der Waals surface area contributed by atoms with Gasteiger partial charge in [0.1, 0.15) is 6.73 Å². The molecule has 0 atom stereocenters. The number of hydrazine groups is 1. The molecule has 0 unspecified atom stereocenters. The van der Waals surface area contributed by atoms with Crippen LogP contribution in [0.1, 0.15) is 15.9 Å². The van der Waals surface area contributed by atoms with Crippen LogP contribution in [0.3, 0.4) is 0 Å². The van der Waals surface area contributed by atoms with Gasteiger partial charge in [0.15, 0.2) is 6.73 Å². The van der Waals surface area contributed by atoms with E-state index in [1.807, 2.05) is 11.1 Å². The second-order valence-corrected chi connectivity index (χ2v) is 4.35. The van der Waals surface area contributed by atoms with Gasteiger partial charge in [-0.1, -0.05) is 16.3 Å². The van der Waals surface area contributed by atoms with Gasteiger partial charge in [-0.05, 0) is 23.2 Å². The summed E-state index contributed by atoms with van der Waals surface area (Å²) in [5.41, 5.74) is 21.5. The van der Waals surface area contributed by atoms with Crippen LogP contribution in [0.4, 0.5) is 5.69 Å². The topological polar surface area (TPSA) is 148 Å². The summed E-state index contributed by atoms with van der Waals surface area (Å²) in [6, 6.07) is 5.26. The lowest BCUT2D eigenvalue weighted by molar-refractivity contribution is 0.0514. The van der Waals surface area contributed by atoms with Gasteiger partial charge in [0.2, 0.25) is 0 Å². The van der Waals surface area contributed by atoms with E-state index in [9.17, 15) is 4.79 Å². The first-order chi connectivity index (χ1) is 11.3. The highest BCUT2D eigenvalue weighted by Crippen LogP contribution is 2.28. The quantitative estimate of drug-likeness (QED) is 0.256. The van der Waals surface area contributed by atoms with Crippen molar-refractivity contribution in [3.63, 3.8) is 0 Å². The van der Waals surface area contributed by atoms with E-state index in [4.69, 9.17) is 20.5 Å². The van der Waals surface area contributed by atoms with E-state index in [2.05, 4.69) is 25.5 Å². The number of nitrogens with zero attached hydrogens (tertiary/aromatic N) is 7. The van der Waals surface area contributed by atoms with Crippen LogP contribution in [0.15, 0.2) is 28.4 Å². The van der Waals surface area contributed by atoms with E-state index in [0.717, 1.165) is 11.3 Å². The summed E-state index contributed by atoms with van der Waals surface area (Å²) in [7, 11) is 0. The molecule has 23 heavy (non-hydrogen) atoms. The van der Waals surface area contributed by atoms with Gasteiger partial charge in [0.05, 0.1) is 24.4 Å². The maximum absolute atomic E-state index is 12.0. The lowest BCUT2D eigenvalue weighted by Crippen LogP contribution is -2.35. The Bertz CT molecular complexity index is 666. The SMILES string of the molecule is [N-]=[N+]=NCOCCN1NCc2c(C(=O)OCN=[N+]=[N-])cccc21. The zero-order valence-corrected chi connectivity index (χ0v) is 12.1. The number of carbonyl (C=O) groups excluding carboxylic acids is 1. The van der Waals surface area contributed by atoms with Crippen molar-refractivity contribution < 1.29 is 14.3 Å². The number of carbonyl (C=O) groups is 1. The molecule has 1 aliphatic rings. The third-order valence-electron chi connectivity index (χ3n) is 3.10. The molecule has 1 aromatic rings. The number of hydrogen-bond acceptors (Lipinski definition) is 7. The zero-order chi connectivity index (χ0) is 16.5. The fourth-order valence-electron chi connectivity index (χ4n) is 2.14. The molecule has 2 rings (SSSR count). The summed E-state index contributed by atoms with van der Waals surface area (Å²) < 4.78 is 10.0. The fraction of sp³-hybridized carbons (Fsp3) is 0.417. The highest BCUT2D eigenvalue weighted by atomic mass is 16.5. The third-order valence-corrected chi connectivity index (χ3v) is 3.10. The maximum atomic E-state index is 12.0. The second kappa shape index (κ2) is 8.47. The number of nitrogens with one attached hydrogen (secondary N) is 1. The minimum absolute atomic E-state index is 0.0248. The van der Waals surface area contributed by atoms with Crippen molar-refractivity contribution in [3.05, 3.63) is 50.2 Å². The van der Waals surface area contributed by atoms with Gasteiger partial charge in [-0.25, -0.2) is 10.2 Å². The summed E-state index contributed by atoms with van der Waals surface area (Å²) in [5, 5.41) is 8.29. The maximum Gasteiger partial charge on any atom is 0.338 e. The predicted molar refractivity (Wildman–Crippen MR) is 80.0 cm³/mol. The Morgan fingerprint density at radius 3 is 2.87 bits per heavy atom. The van der Waals surface area contributed by atoms with Crippen molar-refractivity contribution in [2.24, 2.45) is 10.2 Å². The average molecular weight is 318 g/mol. The summed E-state index contributed by atoms with van der Waals surface area (Å²) >= 11 is 0. The number of ether oxygens (including phenoxy) is 2. The minimum atomic E-state index is -0.544. The van der Waals surface area contributed by atoms with E-state index < -0.39 is 5.97 Å². The molecule has 120 valence electrons. The van der Waals surface area contributed by atoms with Gasteiger partial charge in [-0.15, -0.1) is 0 Å². The molecule has 0 amide bonds. The zero-order valence-electron chi connectivity index (χ0n) is 12.1. The Morgan fingerprint density at radius 1 is 1.30 bits per heavy atom. The number of esters is 1. The normalized spacial score (nSPS) is 12.1. The molecule has 0 saturated carbocycles. The number of rotatable bonds is 8. The second-order valence-electron chi connectivity index (χ2n) is 4.35. The largest absolute Gasteiger partial charge is 0.456 e. The fourth-order valence-corrected chi connectivity index (χ4v) is 2.14. The van der Waals surface area contributed by atoms with Crippen molar-refractivity contribution in [1.29, 1.82) is 0 Å². The van der Waals surface area contributed by atoms with Crippen molar-refractivity contribution in [2.45, 2.75) is 6.54 Å². The molecular formula is C12H14N8O3. The van der Waals surface area contributed by atoms with Crippen LogP contribution in [-0.4, -0.2) is 32.6 Å². The van der Waals surface area contributed by atoms with Crippen molar-refractivity contribution >= 4 is 11.7 Å². The molecule has 1 aromatic carbocycles. The highest BCUT2D eigenvalue weighted by Gasteiger charge is 2.24. The lowest BCUT2D eigenvalue weighted by Gasteiger charge is -2.19. The van der Waals surface area contributed by atoms with Crippen LogP contribution in [-0.2, 0) is 16.0 Å². The summed E-state index contributed by atoms with van der Waals surface area (Å²) in [6.45, 7) is 0.979. The van der Waals surface area contributed by atoms with Crippen LogP contribution in [0.25, 0.3) is 20.9 Å². The van der Waals surface area contributed by atoms with Gasteiger partial charge in [-0.2, -0.15) is 0 Å². The molecule has 0 saturated heterocycles. The standard InChI is InChI=1S/C12H14N8O3/c13-18-15-7-22-5-4-20-11-3-1-2-9(10(11)6-17-20)12(21)23-8-16-19-14/h1-3,17H,4-8H2. The molecule has 1 N–H and O–H groups in total. The van der Waals surface area contributed by atoms with E-state index in [1.165, 1.54) is 0 Å². The monoisotopic (exact) mass is 318 g/mol. The Kier molecular flexibility index (Phi) is 6.04. The molecule has 0 bridgehead atoms. The van der Waals surface area contributed by atoms with E-state index in [1.54, 1.807) is 12.1 Å². The first-order valence-electron chi connectivity index (χ1n) is 6.67. The number of azide groups is 2. The summed E-state index contributed by atoms with van der Waals surface area (Å²) in [4.78, 5) is 17.1. The number of anilines is 1. The molecule has 11 nitrogen and oxygen atoms in total.